The van der Waals surface area contributed by atoms with E-state index in [1.54, 1.807) is 4.90 Å². The molecule has 3 heterocycles. The Hall–Kier alpha value is -3.15. The molecule has 3 rings (SSSR count). The number of hydrogen-bond acceptors (Lipinski definition) is 12. The van der Waals surface area contributed by atoms with Crippen LogP contribution in [0.15, 0.2) is 6.33 Å². The lowest BCUT2D eigenvalue weighted by Crippen LogP contribution is -2.47. The van der Waals surface area contributed by atoms with E-state index in [1.165, 1.54) is 27.1 Å². The van der Waals surface area contributed by atoms with Crippen LogP contribution in [0.4, 0.5) is 17.3 Å². The Balaban J connectivity index is 1.92. The minimum absolute atomic E-state index is 0.179. The van der Waals surface area contributed by atoms with Crippen molar-refractivity contribution in [2.24, 2.45) is 0 Å². The van der Waals surface area contributed by atoms with Gasteiger partial charge in [-0.2, -0.15) is 0 Å². The maximum absolute atomic E-state index is 11.7. The summed E-state index contributed by atoms with van der Waals surface area (Å²) in [5.41, 5.74) is 6.37. The van der Waals surface area contributed by atoms with Crippen LogP contribution < -0.4 is 16.0 Å². The van der Waals surface area contributed by atoms with Crippen LogP contribution >= 0.6 is 0 Å². The van der Waals surface area contributed by atoms with Crippen molar-refractivity contribution in [2.45, 2.75) is 45.3 Å². The quantitative estimate of drug-likeness (QED) is 0.483. The third kappa shape index (κ3) is 3.91. The number of nitrogens with one attached hydrogen (secondary N) is 1. The Morgan fingerprint density at radius 1 is 1.18 bits per heavy atom. The minimum Gasteiger partial charge on any atom is -0.463 e. The van der Waals surface area contributed by atoms with Gasteiger partial charge >= 0.3 is 17.9 Å². The van der Waals surface area contributed by atoms with Gasteiger partial charge < -0.3 is 34.9 Å². The fraction of sp³-hybridized carbons (Fsp3) is 0.562. The molecule has 0 spiro atoms. The molecule has 0 radical (unpaired) electrons. The van der Waals surface area contributed by atoms with E-state index in [9.17, 15) is 14.4 Å². The van der Waals surface area contributed by atoms with Gasteiger partial charge in [-0.1, -0.05) is 0 Å². The highest BCUT2D eigenvalue weighted by molar-refractivity contribution is 5.80. The minimum atomic E-state index is -0.981. The zero-order valence-corrected chi connectivity index (χ0v) is 15.6. The van der Waals surface area contributed by atoms with Crippen molar-refractivity contribution in [3.63, 3.8) is 0 Å². The molecule has 0 amide bonds. The molecule has 4 atom stereocenters. The number of nitrogens with two attached hydrogens (primary N) is 1. The summed E-state index contributed by atoms with van der Waals surface area (Å²) in [5, 5.41) is 3.05. The van der Waals surface area contributed by atoms with Gasteiger partial charge in [-0.15, -0.1) is 0 Å². The average molecular weight is 395 g/mol. The first kappa shape index (κ1) is 19.6. The molecular formula is C16H21N5O7. The summed E-state index contributed by atoms with van der Waals surface area (Å²) < 4.78 is 21.7. The van der Waals surface area contributed by atoms with Crippen molar-refractivity contribution in [3.05, 3.63) is 6.33 Å². The van der Waals surface area contributed by atoms with Crippen molar-refractivity contribution < 1.29 is 33.3 Å². The van der Waals surface area contributed by atoms with E-state index in [0.29, 0.717) is 11.5 Å². The van der Waals surface area contributed by atoms with E-state index in [0.717, 1.165) is 0 Å². The highest BCUT2D eigenvalue weighted by Crippen LogP contribution is 2.38. The molecular weight excluding hydrogens is 374 g/mol. The summed E-state index contributed by atoms with van der Waals surface area (Å²) in [7, 11) is 0. The number of fused-ring (bicyclic) bond motifs is 1. The van der Waals surface area contributed by atoms with E-state index in [1.807, 2.05) is 0 Å². The number of nitrogens with zero attached hydrogens (tertiary/aromatic N) is 3. The van der Waals surface area contributed by atoms with Gasteiger partial charge in [0.2, 0.25) is 0 Å². The summed E-state index contributed by atoms with van der Waals surface area (Å²) in [6.45, 7) is 3.77. The molecule has 0 aromatic carbocycles. The summed E-state index contributed by atoms with van der Waals surface area (Å²) in [5.74, 6) is -0.998. The van der Waals surface area contributed by atoms with Crippen LogP contribution in [-0.4, -0.2) is 65.7 Å². The van der Waals surface area contributed by atoms with Crippen LogP contribution in [-0.2, 0) is 33.3 Å². The van der Waals surface area contributed by atoms with Crippen molar-refractivity contribution in [1.82, 2.24) is 9.97 Å². The fourth-order valence-corrected chi connectivity index (χ4v) is 3.17. The topological polar surface area (TPSA) is 155 Å². The van der Waals surface area contributed by atoms with Gasteiger partial charge in [-0.25, -0.2) is 9.97 Å². The molecule has 3 N–H and O–H groups in total. The lowest BCUT2D eigenvalue weighted by molar-refractivity contribution is -0.165. The molecule has 1 saturated heterocycles. The monoisotopic (exact) mass is 395 g/mol. The number of ether oxygens (including phenoxy) is 4. The SMILES string of the molecule is CC(=O)OC[C@H]1O[C@@H](N2CNc3c(N)ncnc32)[C@@H](OC(C)=O)[C@@H]1OC(C)=O. The van der Waals surface area contributed by atoms with E-state index >= 15 is 0 Å². The van der Waals surface area contributed by atoms with Gasteiger partial charge in [0.1, 0.15) is 24.7 Å². The van der Waals surface area contributed by atoms with Crippen LogP contribution in [0.3, 0.4) is 0 Å². The largest absolute Gasteiger partial charge is 0.463 e. The lowest BCUT2D eigenvalue weighted by Gasteiger charge is -2.29. The molecule has 2 aliphatic heterocycles. The lowest BCUT2D eigenvalue weighted by atomic mass is 10.1. The number of aromatic nitrogens is 2. The second-order valence-electron chi connectivity index (χ2n) is 6.28. The van der Waals surface area contributed by atoms with Crippen molar-refractivity contribution in [1.29, 1.82) is 0 Å². The molecule has 152 valence electrons. The Morgan fingerprint density at radius 2 is 1.86 bits per heavy atom. The number of rotatable bonds is 5. The summed E-state index contributed by atoms with van der Waals surface area (Å²) in [6.07, 6.45) is -2.37. The maximum atomic E-state index is 11.7. The third-order valence-corrected chi connectivity index (χ3v) is 4.20. The smallest absolute Gasteiger partial charge is 0.303 e. The van der Waals surface area contributed by atoms with Gasteiger partial charge in [-0.3, -0.25) is 14.4 Å². The first-order chi connectivity index (χ1) is 13.3. The van der Waals surface area contributed by atoms with Crippen LogP contribution in [0.25, 0.3) is 0 Å². The summed E-state index contributed by atoms with van der Waals surface area (Å²) in [4.78, 5) is 44.3. The molecule has 0 unspecified atom stereocenters. The molecule has 1 fully saturated rings. The standard InChI is InChI=1S/C16H21N5O7/c1-7(22)25-4-10-12(26-8(2)23)13(27-9(3)24)16(28-10)21-6-20-11-14(17)18-5-19-15(11)21/h5,10,12-13,16,20H,4,6H2,1-3H3,(H2,17,18,19)/t10-,12-,13+,16-/m1/s1. The molecule has 2 aliphatic rings. The third-order valence-electron chi connectivity index (χ3n) is 4.20. The number of anilines is 3. The van der Waals surface area contributed by atoms with Gasteiger partial charge in [0.15, 0.2) is 30.1 Å². The second-order valence-corrected chi connectivity index (χ2v) is 6.28. The van der Waals surface area contributed by atoms with Crippen LogP contribution in [0.5, 0.6) is 0 Å². The van der Waals surface area contributed by atoms with Gasteiger partial charge in [-0.05, 0) is 0 Å². The van der Waals surface area contributed by atoms with Crippen LogP contribution in [0, 0.1) is 0 Å². The highest BCUT2D eigenvalue weighted by atomic mass is 16.7. The Labute approximate surface area is 160 Å². The normalized spacial score (nSPS) is 25.6. The van der Waals surface area contributed by atoms with Gasteiger partial charge in [0.05, 0.1) is 6.67 Å². The molecule has 0 saturated carbocycles. The molecule has 0 aliphatic carbocycles. The highest BCUT2D eigenvalue weighted by Gasteiger charge is 2.53. The number of hydrogen-bond donors (Lipinski definition) is 2. The summed E-state index contributed by atoms with van der Waals surface area (Å²) >= 11 is 0. The average Bonchev–Trinajstić information content (AvgIpc) is 3.16. The van der Waals surface area contributed by atoms with Gasteiger partial charge in [0.25, 0.3) is 0 Å². The maximum Gasteiger partial charge on any atom is 0.303 e. The number of carbonyl (C=O) groups excluding carboxylic acids is 3. The van der Waals surface area contributed by atoms with E-state index in [-0.39, 0.29) is 19.1 Å². The zero-order valence-electron chi connectivity index (χ0n) is 15.6. The molecule has 12 nitrogen and oxygen atoms in total. The van der Waals surface area contributed by atoms with Crippen molar-refractivity contribution in [2.75, 3.05) is 29.2 Å². The molecule has 1 aromatic rings. The van der Waals surface area contributed by atoms with Crippen LogP contribution in [0.2, 0.25) is 0 Å². The van der Waals surface area contributed by atoms with Crippen molar-refractivity contribution in [3.8, 4) is 0 Å². The number of nitrogen functional groups attached to an aromatic ring is 1. The van der Waals surface area contributed by atoms with Crippen molar-refractivity contribution >= 4 is 35.2 Å². The Morgan fingerprint density at radius 3 is 2.50 bits per heavy atom. The number of esters is 3. The number of carbonyl (C=O) groups is 3. The Kier molecular flexibility index (Phi) is 5.49. The molecule has 1 aromatic heterocycles. The van der Waals surface area contributed by atoms with Crippen LogP contribution in [0.1, 0.15) is 20.8 Å². The second kappa shape index (κ2) is 7.84. The fourth-order valence-electron chi connectivity index (χ4n) is 3.17. The zero-order chi connectivity index (χ0) is 20.4. The Bertz CT molecular complexity index is 789. The van der Waals surface area contributed by atoms with E-state index < -0.39 is 42.4 Å². The first-order valence-electron chi connectivity index (χ1n) is 8.52. The molecule has 28 heavy (non-hydrogen) atoms. The van der Waals surface area contributed by atoms with E-state index in [4.69, 9.17) is 24.7 Å². The van der Waals surface area contributed by atoms with E-state index in [2.05, 4.69) is 15.3 Å². The summed E-state index contributed by atoms with van der Waals surface area (Å²) in [6, 6.07) is 0. The predicted molar refractivity (Wildman–Crippen MR) is 93.8 cm³/mol. The molecule has 12 heteroatoms. The molecule has 0 bridgehead atoms. The van der Waals surface area contributed by atoms with Gasteiger partial charge in [0, 0.05) is 20.8 Å². The first-order valence-corrected chi connectivity index (χ1v) is 8.52. The predicted octanol–water partition coefficient (Wildman–Crippen LogP) is -0.600.